The third-order valence-corrected chi connectivity index (χ3v) is 3.76. The van der Waals surface area contributed by atoms with Gasteiger partial charge < -0.3 is 0 Å². The molecule has 0 fully saturated rings. The van der Waals surface area contributed by atoms with Crippen molar-refractivity contribution in [1.29, 1.82) is 0 Å². The molecule has 1 aliphatic rings. The highest BCUT2D eigenvalue weighted by atomic mass is 16.1. The second-order valence-corrected chi connectivity index (χ2v) is 5.41. The molecule has 0 aromatic heterocycles. The number of carbonyl (C=O) groups excluding carboxylic acids is 2. The molecule has 120 valence electrons. The van der Waals surface area contributed by atoms with Gasteiger partial charge >= 0.3 is 0 Å². The van der Waals surface area contributed by atoms with Gasteiger partial charge in [0.05, 0.1) is 0 Å². The highest BCUT2D eigenvalue weighted by molar-refractivity contribution is 6.28. The summed E-state index contributed by atoms with van der Waals surface area (Å²) in [5.74, 6) is 4.89. The fourth-order valence-corrected chi connectivity index (χ4v) is 2.53. The van der Waals surface area contributed by atoms with E-state index in [0.29, 0.717) is 22.3 Å². The number of ketones is 2. The van der Waals surface area contributed by atoms with Crippen LogP contribution in [0.15, 0.2) is 48.5 Å². The largest absolute Gasteiger partial charge is 0.289 e. The lowest BCUT2D eigenvalue weighted by molar-refractivity contribution is 0.0979. The Hall–Kier alpha value is -2.30. The first-order valence-corrected chi connectivity index (χ1v) is 7.91. The van der Waals surface area contributed by atoms with Crippen LogP contribution >= 0.6 is 0 Å². The van der Waals surface area contributed by atoms with E-state index in [1.165, 1.54) is 19.3 Å². The molecule has 1 aliphatic carbocycles. The van der Waals surface area contributed by atoms with E-state index in [1.807, 2.05) is 0 Å². The van der Waals surface area contributed by atoms with E-state index in [2.05, 4.69) is 12.3 Å². The predicted molar refractivity (Wildman–Crippen MR) is 91.5 cm³/mol. The molecule has 4 heteroatoms. The lowest BCUT2D eigenvalue weighted by Crippen LogP contribution is -2.22. The van der Waals surface area contributed by atoms with Gasteiger partial charge in [0.25, 0.3) is 0 Å². The molecule has 4 nitrogen and oxygen atoms in total. The lowest BCUT2D eigenvalue weighted by atomic mass is 9.84. The zero-order chi connectivity index (χ0) is 16.7. The summed E-state index contributed by atoms with van der Waals surface area (Å²) in [6.45, 7) is 3.13. The summed E-state index contributed by atoms with van der Waals surface area (Å²) in [7, 11) is 0. The quantitative estimate of drug-likeness (QED) is 0.441. The van der Waals surface area contributed by atoms with E-state index in [-0.39, 0.29) is 11.6 Å². The first-order chi connectivity index (χ1) is 11.2. The summed E-state index contributed by atoms with van der Waals surface area (Å²) in [4.78, 5) is 24.2. The van der Waals surface area contributed by atoms with Crippen LogP contribution in [0, 0.1) is 0 Å². The molecule has 3 N–H and O–H groups in total. The topological polar surface area (TPSA) is 72.2 Å². The molecule has 0 amide bonds. The summed E-state index contributed by atoms with van der Waals surface area (Å²) < 4.78 is 0. The smallest absolute Gasteiger partial charge is 0.194 e. The number of fused-ring (bicyclic) bond motifs is 2. The van der Waals surface area contributed by atoms with Crippen molar-refractivity contribution >= 4 is 11.6 Å². The Morgan fingerprint density at radius 1 is 0.783 bits per heavy atom. The molecule has 0 atom stereocenters. The Kier molecular flexibility index (Phi) is 6.20. The normalized spacial score (nSPS) is 12.1. The number of rotatable bonds is 4. The van der Waals surface area contributed by atoms with Crippen molar-refractivity contribution in [2.75, 3.05) is 6.54 Å². The maximum Gasteiger partial charge on any atom is 0.194 e. The fraction of sp³-hybridized carbons (Fsp3) is 0.263. The monoisotopic (exact) mass is 310 g/mol. The van der Waals surface area contributed by atoms with Crippen molar-refractivity contribution in [2.24, 2.45) is 5.84 Å². The summed E-state index contributed by atoms with van der Waals surface area (Å²) in [5, 5.41) is 0. The van der Waals surface area contributed by atoms with Gasteiger partial charge in [0.15, 0.2) is 11.6 Å². The molecule has 0 saturated carbocycles. The Balaban J connectivity index is 0.000000236. The molecule has 0 aliphatic heterocycles. The maximum absolute atomic E-state index is 12.1. The standard InChI is InChI=1S/C14H8O2.C5H14N2/c15-13-9-5-1-2-6-10(9)14(16)12-8-4-3-7-11(12)13;1-2-3-4-5-7-6/h1-8H;7H,2-6H2,1H3. The number of carbonyl (C=O) groups is 2. The zero-order valence-corrected chi connectivity index (χ0v) is 13.3. The third kappa shape index (κ3) is 3.92. The molecule has 0 radical (unpaired) electrons. The van der Waals surface area contributed by atoms with Gasteiger partial charge in [0, 0.05) is 28.8 Å². The summed E-state index contributed by atoms with van der Waals surface area (Å²) >= 11 is 0. The first-order valence-electron chi connectivity index (χ1n) is 7.91. The van der Waals surface area contributed by atoms with Crippen molar-refractivity contribution in [1.82, 2.24) is 5.43 Å². The minimum atomic E-state index is -0.0641. The van der Waals surface area contributed by atoms with Crippen LogP contribution in [0.1, 0.15) is 58.0 Å². The number of unbranched alkanes of at least 4 members (excludes halogenated alkanes) is 2. The van der Waals surface area contributed by atoms with Crippen LogP contribution in [0.4, 0.5) is 0 Å². The first kappa shape index (κ1) is 17.1. The van der Waals surface area contributed by atoms with Gasteiger partial charge in [-0.1, -0.05) is 68.3 Å². The Bertz CT molecular complexity index is 586. The fourth-order valence-electron chi connectivity index (χ4n) is 2.53. The van der Waals surface area contributed by atoms with Gasteiger partial charge in [-0.05, 0) is 6.42 Å². The minimum Gasteiger partial charge on any atom is -0.289 e. The van der Waals surface area contributed by atoms with E-state index in [1.54, 1.807) is 48.5 Å². The lowest BCUT2D eigenvalue weighted by Gasteiger charge is -2.16. The van der Waals surface area contributed by atoms with Crippen molar-refractivity contribution in [3.63, 3.8) is 0 Å². The van der Waals surface area contributed by atoms with Crippen molar-refractivity contribution in [3.05, 3.63) is 70.8 Å². The van der Waals surface area contributed by atoms with Crippen LogP contribution in [-0.2, 0) is 0 Å². The Morgan fingerprint density at radius 2 is 1.17 bits per heavy atom. The molecule has 0 bridgehead atoms. The average Bonchev–Trinajstić information content (AvgIpc) is 2.61. The highest BCUT2D eigenvalue weighted by Gasteiger charge is 2.28. The summed E-state index contributed by atoms with van der Waals surface area (Å²) in [6.07, 6.45) is 3.75. The molecule has 23 heavy (non-hydrogen) atoms. The van der Waals surface area contributed by atoms with E-state index in [0.717, 1.165) is 6.54 Å². The summed E-state index contributed by atoms with van der Waals surface area (Å²) in [5.41, 5.74) is 4.63. The van der Waals surface area contributed by atoms with Crippen LogP contribution < -0.4 is 11.3 Å². The SMILES string of the molecule is CCCCCNN.O=C1c2ccccc2C(=O)c2ccccc21. The molecule has 2 aromatic rings. The average molecular weight is 310 g/mol. The number of hydrogen-bond donors (Lipinski definition) is 2. The predicted octanol–water partition coefficient (Wildman–Crippen LogP) is 3.10. The third-order valence-electron chi connectivity index (χ3n) is 3.76. The molecular weight excluding hydrogens is 288 g/mol. The molecule has 0 heterocycles. The Labute approximate surface area is 136 Å². The number of hydrogen-bond acceptors (Lipinski definition) is 4. The van der Waals surface area contributed by atoms with Crippen LogP contribution in [-0.4, -0.2) is 18.1 Å². The zero-order valence-electron chi connectivity index (χ0n) is 13.3. The molecule has 2 aromatic carbocycles. The van der Waals surface area contributed by atoms with E-state index in [4.69, 9.17) is 5.84 Å². The number of nitrogens with one attached hydrogen (secondary N) is 1. The van der Waals surface area contributed by atoms with Crippen LogP contribution in [0.2, 0.25) is 0 Å². The minimum absolute atomic E-state index is 0.0641. The second-order valence-electron chi connectivity index (χ2n) is 5.41. The van der Waals surface area contributed by atoms with Crippen LogP contribution in [0.5, 0.6) is 0 Å². The van der Waals surface area contributed by atoms with Crippen LogP contribution in [0.3, 0.4) is 0 Å². The van der Waals surface area contributed by atoms with Gasteiger partial charge in [-0.25, -0.2) is 0 Å². The molecular formula is C19H22N2O2. The van der Waals surface area contributed by atoms with Gasteiger partial charge in [-0.2, -0.15) is 0 Å². The molecule has 0 unspecified atom stereocenters. The van der Waals surface area contributed by atoms with E-state index < -0.39 is 0 Å². The van der Waals surface area contributed by atoms with Gasteiger partial charge in [0.1, 0.15) is 0 Å². The number of nitrogens with two attached hydrogens (primary N) is 1. The van der Waals surface area contributed by atoms with E-state index >= 15 is 0 Å². The van der Waals surface area contributed by atoms with Crippen molar-refractivity contribution < 1.29 is 9.59 Å². The van der Waals surface area contributed by atoms with Gasteiger partial charge in [-0.3, -0.25) is 20.9 Å². The number of hydrazine groups is 1. The molecule has 0 spiro atoms. The second kappa shape index (κ2) is 8.36. The highest BCUT2D eigenvalue weighted by Crippen LogP contribution is 2.26. The maximum atomic E-state index is 12.1. The number of benzene rings is 2. The van der Waals surface area contributed by atoms with Gasteiger partial charge in [-0.15, -0.1) is 0 Å². The van der Waals surface area contributed by atoms with Crippen molar-refractivity contribution in [2.45, 2.75) is 26.2 Å². The molecule has 3 rings (SSSR count). The molecule has 0 saturated heterocycles. The van der Waals surface area contributed by atoms with Crippen molar-refractivity contribution in [3.8, 4) is 0 Å². The Morgan fingerprint density at radius 3 is 1.48 bits per heavy atom. The van der Waals surface area contributed by atoms with Gasteiger partial charge in [0.2, 0.25) is 0 Å². The van der Waals surface area contributed by atoms with E-state index in [9.17, 15) is 9.59 Å². The summed E-state index contributed by atoms with van der Waals surface area (Å²) in [6, 6.07) is 13.9. The van der Waals surface area contributed by atoms with Crippen LogP contribution in [0.25, 0.3) is 0 Å².